The highest BCUT2D eigenvalue weighted by atomic mass is 32.2. The normalized spacial score (nSPS) is 18.1. The zero-order valence-electron chi connectivity index (χ0n) is 17.6. The van der Waals surface area contributed by atoms with Gasteiger partial charge >= 0.3 is 0 Å². The van der Waals surface area contributed by atoms with Gasteiger partial charge in [0.25, 0.3) is 0 Å². The molecule has 0 saturated heterocycles. The second-order valence-corrected chi connectivity index (χ2v) is 10.8. The van der Waals surface area contributed by atoms with E-state index in [1.165, 1.54) is 18.1 Å². The first-order valence-corrected chi connectivity index (χ1v) is 12.9. The first-order valence-electron chi connectivity index (χ1n) is 10.2. The maximum atomic E-state index is 11.8. The summed E-state index contributed by atoms with van der Waals surface area (Å²) in [5.74, 6) is 0.204. The summed E-state index contributed by atoms with van der Waals surface area (Å²) in [7, 11) is -3.50. The van der Waals surface area contributed by atoms with Crippen LogP contribution in [0.5, 0.6) is 0 Å². The van der Waals surface area contributed by atoms with Crippen molar-refractivity contribution in [3.8, 4) is 17.5 Å². The molecule has 5 rings (SSSR count). The van der Waals surface area contributed by atoms with E-state index in [9.17, 15) is 8.42 Å². The van der Waals surface area contributed by atoms with Crippen molar-refractivity contribution in [1.29, 1.82) is 5.26 Å². The molecule has 3 heterocycles. The number of aromatic nitrogens is 3. The van der Waals surface area contributed by atoms with Gasteiger partial charge in [-0.15, -0.1) is 0 Å². The number of sulfone groups is 1. The molecule has 0 spiro atoms. The maximum Gasteiger partial charge on any atom is 0.238 e. The Labute approximate surface area is 194 Å². The summed E-state index contributed by atoms with van der Waals surface area (Å²) in [5, 5.41) is 13.3. The molecular weight excluding hydrogens is 460 g/mol. The Bertz CT molecular complexity index is 1460. The van der Waals surface area contributed by atoms with Crippen molar-refractivity contribution in [2.45, 2.75) is 34.9 Å². The number of hydrogen-bond donors (Lipinski definition) is 3. The van der Waals surface area contributed by atoms with Gasteiger partial charge in [-0.3, -0.25) is 4.72 Å². The average Bonchev–Trinajstić information content (AvgIpc) is 3.45. The zero-order chi connectivity index (χ0) is 23.0. The number of nitrogens with zero attached hydrogens (tertiary/aromatic N) is 3. The fraction of sp³-hybridized carbons (Fsp3) is 0.227. The Morgan fingerprint density at radius 3 is 2.82 bits per heavy atom. The van der Waals surface area contributed by atoms with E-state index in [0.29, 0.717) is 17.2 Å². The molecule has 33 heavy (non-hydrogen) atoms. The molecule has 1 aliphatic carbocycles. The van der Waals surface area contributed by atoms with E-state index in [-0.39, 0.29) is 17.0 Å². The van der Waals surface area contributed by atoms with Crippen molar-refractivity contribution >= 4 is 38.5 Å². The fourth-order valence-electron chi connectivity index (χ4n) is 3.70. The summed E-state index contributed by atoms with van der Waals surface area (Å²) in [6.07, 6.45) is 7.54. The molecule has 0 radical (unpaired) electrons. The smallest absolute Gasteiger partial charge is 0.238 e. The second kappa shape index (κ2) is 8.55. The quantitative estimate of drug-likeness (QED) is 0.338. The number of pyridine rings is 1. The van der Waals surface area contributed by atoms with E-state index in [1.54, 1.807) is 18.5 Å². The summed E-state index contributed by atoms with van der Waals surface area (Å²) in [5.41, 5.74) is 2.77. The second-order valence-electron chi connectivity index (χ2n) is 7.91. The number of rotatable bonds is 7. The van der Waals surface area contributed by atoms with E-state index in [0.717, 1.165) is 40.7 Å². The monoisotopic (exact) mass is 480 g/mol. The summed E-state index contributed by atoms with van der Waals surface area (Å²) in [6, 6.07) is 12.1. The third-order valence-corrected chi connectivity index (χ3v) is 7.32. The van der Waals surface area contributed by atoms with Gasteiger partial charge < -0.3 is 14.7 Å². The van der Waals surface area contributed by atoms with Crippen LogP contribution >= 0.6 is 11.9 Å². The Hall–Kier alpha value is -3.33. The molecule has 1 aromatic carbocycles. The van der Waals surface area contributed by atoms with E-state index in [1.807, 2.05) is 24.3 Å². The molecule has 4 aromatic rings. The molecule has 0 unspecified atom stereocenters. The minimum absolute atomic E-state index is 0.178. The largest absolute Gasteiger partial charge is 0.425 e. The van der Waals surface area contributed by atoms with Gasteiger partial charge in [-0.05, 0) is 49.1 Å². The molecule has 0 amide bonds. The lowest BCUT2D eigenvalue weighted by atomic mass is 9.87. The Morgan fingerprint density at radius 1 is 1.21 bits per heavy atom. The molecule has 0 aliphatic heterocycles. The summed E-state index contributed by atoms with van der Waals surface area (Å²) in [6.45, 7) is 0. The molecule has 11 heteroatoms. The van der Waals surface area contributed by atoms with Crippen LogP contribution in [-0.4, -0.2) is 41.7 Å². The number of fused-ring (bicyclic) bond motifs is 1. The lowest BCUT2D eigenvalue weighted by Crippen LogP contribution is -2.45. The number of aromatic amines is 1. The van der Waals surface area contributed by atoms with Crippen LogP contribution in [-0.2, 0) is 9.84 Å². The number of anilines is 1. The molecule has 9 nitrogen and oxygen atoms in total. The third kappa shape index (κ3) is 4.45. The molecular formula is C22H20N6O3S2. The topological polar surface area (TPSA) is 137 Å². The molecule has 3 aromatic heterocycles. The molecule has 1 aliphatic rings. The Kier molecular flexibility index (Phi) is 5.57. The van der Waals surface area contributed by atoms with Crippen LogP contribution < -0.4 is 10.0 Å². The Balaban J connectivity index is 1.30. The zero-order valence-corrected chi connectivity index (χ0v) is 19.2. The van der Waals surface area contributed by atoms with Gasteiger partial charge in [0.1, 0.15) is 5.65 Å². The van der Waals surface area contributed by atoms with Crippen LogP contribution in [0.2, 0.25) is 0 Å². The number of benzene rings is 1. The van der Waals surface area contributed by atoms with E-state index < -0.39 is 9.84 Å². The predicted molar refractivity (Wildman–Crippen MR) is 125 cm³/mol. The minimum atomic E-state index is -3.50. The summed E-state index contributed by atoms with van der Waals surface area (Å²) in [4.78, 5) is 12.7. The number of hydrogen-bond acceptors (Lipinski definition) is 9. The van der Waals surface area contributed by atoms with Crippen LogP contribution in [0.3, 0.4) is 0 Å². The molecule has 168 valence electrons. The number of nitrogens with one attached hydrogen (secondary N) is 3. The van der Waals surface area contributed by atoms with Gasteiger partial charge in [0, 0.05) is 41.0 Å². The fourth-order valence-corrected chi connectivity index (χ4v) is 5.00. The molecule has 0 bridgehead atoms. The van der Waals surface area contributed by atoms with Gasteiger partial charge in [0.2, 0.25) is 20.8 Å². The van der Waals surface area contributed by atoms with E-state index >= 15 is 0 Å². The Morgan fingerprint density at radius 2 is 2.06 bits per heavy atom. The van der Waals surface area contributed by atoms with Crippen LogP contribution in [0.4, 0.5) is 5.69 Å². The standard InChI is InChI=1S/C22H20N6O3S2/c1-33(29,30)19-12-26-22(31-19)18-11-25-21-17(5-6-24-21)20(18)27-14-8-15(9-14)28-32-16-4-2-3-13(7-16)10-23/h2-7,11-12,14-15,28H,8-9H2,1H3,(H2,24,25,27)/t14-,15+. The van der Waals surface area contributed by atoms with Gasteiger partial charge in [-0.25, -0.2) is 18.4 Å². The van der Waals surface area contributed by atoms with Crippen LogP contribution in [0.25, 0.3) is 22.5 Å². The average molecular weight is 481 g/mol. The van der Waals surface area contributed by atoms with Crippen molar-refractivity contribution < 1.29 is 12.8 Å². The van der Waals surface area contributed by atoms with Crippen molar-refractivity contribution in [3.63, 3.8) is 0 Å². The third-order valence-electron chi connectivity index (χ3n) is 5.46. The lowest BCUT2D eigenvalue weighted by Gasteiger charge is -2.37. The highest BCUT2D eigenvalue weighted by Crippen LogP contribution is 2.37. The molecule has 0 atom stereocenters. The molecule has 1 saturated carbocycles. The highest BCUT2D eigenvalue weighted by molar-refractivity contribution is 7.97. The maximum absolute atomic E-state index is 11.8. The highest BCUT2D eigenvalue weighted by Gasteiger charge is 2.31. The van der Waals surface area contributed by atoms with Gasteiger partial charge in [0.15, 0.2) is 0 Å². The van der Waals surface area contributed by atoms with E-state index in [4.69, 9.17) is 9.68 Å². The van der Waals surface area contributed by atoms with Gasteiger partial charge in [-0.1, -0.05) is 6.07 Å². The van der Waals surface area contributed by atoms with Crippen LogP contribution in [0, 0.1) is 11.3 Å². The summed E-state index contributed by atoms with van der Waals surface area (Å²) >= 11 is 1.53. The SMILES string of the molecule is CS(=O)(=O)c1cnc(-c2cnc3[nH]ccc3c2N[C@H]2C[C@@H](NSc3cccc(C#N)c3)C2)o1. The van der Waals surface area contributed by atoms with Crippen molar-refractivity contribution in [1.82, 2.24) is 19.7 Å². The lowest BCUT2D eigenvalue weighted by molar-refractivity contribution is 0.355. The number of nitriles is 1. The predicted octanol–water partition coefficient (Wildman–Crippen LogP) is 3.73. The minimum Gasteiger partial charge on any atom is -0.425 e. The first-order chi connectivity index (χ1) is 15.9. The van der Waals surface area contributed by atoms with Crippen LogP contribution in [0.15, 0.2) is 63.3 Å². The van der Waals surface area contributed by atoms with Crippen LogP contribution in [0.1, 0.15) is 18.4 Å². The van der Waals surface area contributed by atoms with E-state index in [2.05, 4.69) is 31.1 Å². The first kappa shape index (κ1) is 21.5. The molecule has 3 N–H and O–H groups in total. The van der Waals surface area contributed by atoms with Crippen molar-refractivity contribution in [3.05, 3.63) is 54.5 Å². The number of H-pyrrole nitrogens is 1. The number of oxazole rings is 1. The van der Waals surface area contributed by atoms with Gasteiger partial charge in [0.05, 0.1) is 29.1 Å². The summed E-state index contributed by atoms with van der Waals surface area (Å²) < 4.78 is 32.6. The van der Waals surface area contributed by atoms with Gasteiger partial charge in [-0.2, -0.15) is 5.26 Å². The molecule has 1 fully saturated rings. The van der Waals surface area contributed by atoms with Crippen molar-refractivity contribution in [2.24, 2.45) is 0 Å². The van der Waals surface area contributed by atoms with Crippen molar-refractivity contribution in [2.75, 3.05) is 11.6 Å².